The lowest BCUT2D eigenvalue weighted by atomic mass is 10.2. The number of hydrogen-bond acceptors (Lipinski definition) is 7. The van der Waals surface area contributed by atoms with Gasteiger partial charge in [-0.25, -0.2) is 15.0 Å². The molecular formula is C16H18N6S. The number of nitrogens with zero attached hydrogens (tertiary/aromatic N) is 3. The van der Waals surface area contributed by atoms with Crippen molar-refractivity contribution in [3.63, 3.8) is 0 Å². The maximum atomic E-state index is 5.99. The van der Waals surface area contributed by atoms with Crippen LogP contribution in [0.4, 0.5) is 16.8 Å². The molecule has 3 rings (SSSR count). The molecule has 1 aromatic carbocycles. The van der Waals surface area contributed by atoms with Crippen molar-refractivity contribution in [2.45, 2.75) is 13.3 Å². The summed E-state index contributed by atoms with van der Waals surface area (Å²) in [6.07, 6.45) is 2.47. The first-order valence-corrected chi connectivity index (χ1v) is 8.10. The van der Waals surface area contributed by atoms with E-state index in [9.17, 15) is 0 Å². The van der Waals surface area contributed by atoms with Gasteiger partial charge in [-0.1, -0.05) is 41.7 Å². The van der Waals surface area contributed by atoms with Gasteiger partial charge in [-0.05, 0) is 25.5 Å². The van der Waals surface area contributed by atoms with Gasteiger partial charge in [0.2, 0.25) is 0 Å². The highest BCUT2D eigenvalue weighted by Crippen LogP contribution is 2.31. The fourth-order valence-electron chi connectivity index (χ4n) is 2.28. The molecule has 0 unspecified atom stereocenters. The number of nitrogens with one attached hydrogen (secondary N) is 1. The average Bonchev–Trinajstić information content (AvgIpc) is 3.00. The van der Waals surface area contributed by atoms with Crippen molar-refractivity contribution in [2.24, 2.45) is 5.73 Å². The number of thiazole rings is 1. The first-order valence-electron chi connectivity index (χ1n) is 7.28. The van der Waals surface area contributed by atoms with Gasteiger partial charge in [0.05, 0.1) is 4.88 Å². The summed E-state index contributed by atoms with van der Waals surface area (Å²) in [5.41, 5.74) is 13.6. The lowest BCUT2D eigenvalue weighted by molar-refractivity contribution is 0.935. The predicted octanol–water partition coefficient (Wildman–Crippen LogP) is 2.74. The van der Waals surface area contributed by atoms with Crippen LogP contribution in [0.15, 0.2) is 36.5 Å². The van der Waals surface area contributed by atoms with Crippen LogP contribution in [-0.4, -0.2) is 21.5 Å². The number of aromatic nitrogens is 3. The van der Waals surface area contributed by atoms with Crippen LogP contribution in [0.3, 0.4) is 0 Å². The molecule has 0 spiro atoms. The third kappa shape index (κ3) is 3.46. The second-order valence-electron chi connectivity index (χ2n) is 5.04. The largest absolute Gasteiger partial charge is 0.383 e. The second kappa shape index (κ2) is 6.72. The Kier molecular flexibility index (Phi) is 4.50. The molecule has 118 valence electrons. The van der Waals surface area contributed by atoms with Gasteiger partial charge in [-0.2, -0.15) is 0 Å². The third-order valence-electron chi connectivity index (χ3n) is 3.33. The summed E-state index contributed by atoms with van der Waals surface area (Å²) in [7, 11) is 0. The van der Waals surface area contributed by atoms with Crippen molar-refractivity contribution in [2.75, 3.05) is 17.6 Å². The molecule has 2 aromatic heterocycles. The number of rotatable bonds is 5. The highest BCUT2D eigenvalue weighted by molar-refractivity contribution is 7.18. The van der Waals surface area contributed by atoms with Crippen molar-refractivity contribution in [1.82, 2.24) is 15.0 Å². The van der Waals surface area contributed by atoms with Crippen LogP contribution >= 0.6 is 11.3 Å². The van der Waals surface area contributed by atoms with E-state index in [4.69, 9.17) is 11.5 Å². The minimum Gasteiger partial charge on any atom is -0.383 e. The van der Waals surface area contributed by atoms with Crippen LogP contribution in [0, 0.1) is 6.92 Å². The average molecular weight is 326 g/mol. The Morgan fingerprint density at radius 3 is 2.70 bits per heavy atom. The summed E-state index contributed by atoms with van der Waals surface area (Å²) in [6.45, 7) is 2.30. The van der Waals surface area contributed by atoms with Crippen molar-refractivity contribution >= 4 is 28.1 Å². The van der Waals surface area contributed by atoms with E-state index in [1.54, 1.807) is 11.3 Å². The quantitative estimate of drug-likeness (QED) is 0.666. The Morgan fingerprint density at radius 2 is 1.96 bits per heavy atom. The van der Waals surface area contributed by atoms with Crippen LogP contribution in [-0.2, 0) is 6.42 Å². The van der Waals surface area contributed by atoms with E-state index >= 15 is 0 Å². The second-order valence-corrected chi connectivity index (χ2v) is 6.07. The molecule has 0 bridgehead atoms. The summed E-state index contributed by atoms with van der Waals surface area (Å²) in [5, 5.41) is 4.01. The number of benzene rings is 1. The molecule has 0 fully saturated rings. The zero-order valence-electron chi connectivity index (χ0n) is 12.8. The van der Waals surface area contributed by atoms with Gasteiger partial charge in [-0.3, -0.25) is 0 Å². The Morgan fingerprint density at radius 1 is 1.17 bits per heavy atom. The summed E-state index contributed by atoms with van der Waals surface area (Å²) in [6, 6.07) is 10.1. The maximum absolute atomic E-state index is 5.99. The van der Waals surface area contributed by atoms with Gasteiger partial charge in [0, 0.05) is 11.8 Å². The smallest absolute Gasteiger partial charge is 0.188 e. The van der Waals surface area contributed by atoms with Crippen LogP contribution < -0.4 is 16.8 Å². The molecule has 0 aliphatic rings. The van der Waals surface area contributed by atoms with E-state index in [-0.39, 0.29) is 0 Å². The molecule has 3 aromatic rings. The van der Waals surface area contributed by atoms with Crippen molar-refractivity contribution in [3.8, 4) is 10.4 Å². The molecule has 0 radical (unpaired) electrons. The third-order valence-corrected chi connectivity index (χ3v) is 4.30. The zero-order chi connectivity index (χ0) is 16.2. The van der Waals surface area contributed by atoms with Gasteiger partial charge in [-0.15, -0.1) is 0 Å². The van der Waals surface area contributed by atoms with Crippen LogP contribution in [0.5, 0.6) is 0 Å². The molecular weight excluding hydrogens is 308 g/mol. The molecule has 0 saturated carbocycles. The maximum Gasteiger partial charge on any atom is 0.188 e. The van der Waals surface area contributed by atoms with Crippen LogP contribution in [0.25, 0.3) is 10.4 Å². The Balaban J connectivity index is 1.89. The Hall–Kier alpha value is -2.51. The summed E-state index contributed by atoms with van der Waals surface area (Å²) < 4.78 is 0. The molecule has 6 nitrogen and oxygen atoms in total. The number of aryl methyl sites for hydroxylation is 1. The van der Waals surface area contributed by atoms with Gasteiger partial charge in [0.25, 0.3) is 0 Å². The minimum atomic E-state index is 0.463. The standard InChI is InChI=1S/C16H18N6S/c1-10-20-14(18)12(7-8-17)15(21-10)22-16-19-9-13(23-16)11-5-3-2-4-6-11/h2-6,9H,7-8,17H2,1H3,(H3,18,19,20,21,22). The fraction of sp³-hybridized carbons (Fsp3) is 0.188. The minimum absolute atomic E-state index is 0.463. The van der Waals surface area contributed by atoms with Crippen LogP contribution in [0.2, 0.25) is 0 Å². The summed E-state index contributed by atoms with van der Waals surface area (Å²) in [4.78, 5) is 14.2. The number of hydrogen-bond donors (Lipinski definition) is 3. The predicted molar refractivity (Wildman–Crippen MR) is 94.8 cm³/mol. The van der Waals surface area contributed by atoms with Gasteiger partial charge in [0.1, 0.15) is 17.5 Å². The molecule has 0 atom stereocenters. The van der Waals surface area contributed by atoms with Crippen molar-refractivity contribution in [1.29, 1.82) is 0 Å². The number of nitrogen functional groups attached to an aromatic ring is 1. The lowest BCUT2D eigenvalue weighted by Crippen LogP contribution is -2.11. The SMILES string of the molecule is Cc1nc(N)c(CCN)c(Nc2ncc(-c3ccccc3)s2)n1. The molecule has 2 heterocycles. The lowest BCUT2D eigenvalue weighted by Gasteiger charge is -2.11. The summed E-state index contributed by atoms with van der Waals surface area (Å²) in [5.74, 6) is 1.75. The first-order chi connectivity index (χ1) is 11.2. The monoisotopic (exact) mass is 326 g/mol. The molecule has 7 heteroatoms. The van der Waals surface area contributed by atoms with Crippen LogP contribution in [0.1, 0.15) is 11.4 Å². The van der Waals surface area contributed by atoms with E-state index in [1.165, 1.54) is 0 Å². The van der Waals surface area contributed by atoms with Gasteiger partial charge in [0.15, 0.2) is 5.13 Å². The molecule has 23 heavy (non-hydrogen) atoms. The van der Waals surface area contributed by atoms with E-state index in [1.807, 2.05) is 31.3 Å². The van der Waals surface area contributed by atoms with Gasteiger partial charge < -0.3 is 16.8 Å². The van der Waals surface area contributed by atoms with E-state index in [0.717, 1.165) is 21.1 Å². The molecule has 0 saturated heterocycles. The molecule has 5 N–H and O–H groups in total. The first kappa shape index (κ1) is 15.4. The van der Waals surface area contributed by atoms with Gasteiger partial charge >= 0.3 is 0 Å². The Bertz CT molecular complexity index is 800. The molecule has 0 amide bonds. The highest BCUT2D eigenvalue weighted by Gasteiger charge is 2.12. The topological polar surface area (TPSA) is 103 Å². The van der Waals surface area contributed by atoms with E-state index in [0.29, 0.717) is 30.4 Å². The molecule has 0 aliphatic heterocycles. The molecule has 0 aliphatic carbocycles. The number of anilines is 3. The zero-order valence-corrected chi connectivity index (χ0v) is 13.6. The van der Waals surface area contributed by atoms with E-state index in [2.05, 4.69) is 32.4 Å². The van der Waals surface area contributed by atoms with E-state index < -0.39 is 0 Å². The Labute approximate surface area is 138 Å². The normalized spacial score (nSPS) is 10.7. The highest BCUT2D eigenvalue weighted by atomic mass is 32.1. The summed E-state index contributed by atoms with van der Waals surface area (Å²) >= 11 is 1.56. The fourth-order valence-corrected chi connectivity index (χ4v) is 3.10. The number of nitrogens with two attached hydrogens (primary N) is 2. The van der Waals surface area contributed by atoms with Crippen molar-refractivity contribution < 1.29 is 0 Å². The van der Waals surface area contributed by atoms with Crippen molar-refractivity contribution in [3.05, 3.63) is 47.9 Å².